The molecule has 1 N–H and O–H groups in total. The van der Waals surface area contributed by atoms with Crippen molar-refractivity contribution in [3.05, 3.63) is 51.6 Å². The van der Waals surface area contributed by atoms with Crippen molar-refractivity contribution in [1.29, 1.82) is 0 Å². The van der Waals surface area contributed by atoms with E-state index in [0.717, 1.165) is 28.8 Å². The van der Waals surface area contributed by atoms with Gasteiger partial charge in [0.05, 0.1) is 12.1 Å². The Balaban J connectivity index is 1.96. The Morgan fingerprint density at radius 2 is 2.16 bits per heavy atom. The molecule has 3 nitrogen and oxygen atoms in total. The minimum atomic E-state index is 0.606. The van der Waals surface area contributed by atoms with Gasteiger partial charge in [0, 0.05) is 17.2 Å². The number of anilines is 1. The van der Waals surface area contributed by atoms with Crippen molar-refractivity contribution < 1.29 is 4.74 Å². The van der Waals surface area contributed by atoms with Crippen LogP contribution in [0.1, 0.15) is 5.56 Å². The molecule has 100 valence electrons. The molecular formula is C14H14BrClN2O. The maximum Gasteiger partial charge on any atom is 0.144 e. The van der Waals surface area contributed by atoms with Gasteiger partial charge in [-0.25, -0.2) is 4.98 Å². The second-order valence-electron chi connectivity index (χ2n) is 3.97. The lowest BCUT2D eigenvalue weighted by Crippen LogP contribution is -2.07. The smallest absolute Gasteiger partial charge is 0.144 e. The fourth-order valence-corrected chi connectivity index (χ4v) is 2.47. The lowest BCUT2D eigenvalue weighted by Gasteiger charge is -2.10. The zero-order chi connectivity index (χ0) is 13.7. The van der Waals surface area contributed by atoms with Crippen LogP contribution in [0.5, 0.6) is 5.75 Å². The van der Waals surface area contributed by atoms with Crippen LogP contribution in [0.15, 0.2) is 41.0 Å². The number of nitrogens with one attached hydrogen (secondary N) is 1. The molecule has 1 heterocycles. The van der Waals surface area contributed by atoms with E-state index in [0.29, 0.717) is 10.8 Å². The average molecular weight is 342 g/mol. The topological polar surface area (TPSA) is 34.1 Å². The first-order chi connectivity index (χ1) is 9.20. The molecule has 0 amide bonds. The number of hydrogen-bond acceptors (Lipinski definition) is 3. The highest BCUT2D eigenvalue weighted by molar-refractivity contribution is 9.10. The average Bonchev–Trinajstić information content (AvgIpc) is 2.42. The second-order valence-corrected chi connectivity index (χ2v) is 5.30. The van der Waals surface area contributed by atoms with Crippen molar-refractivity contribution in [2.45, 2.75) is 6.42 Å². The quantitative estimate of drug-likeness (QED) is 0.886. The maximum absolute atomic E-state index is 6.09. The number of aromatic nitrogens is 1. The van der Waals surface area contributed by atoms with Gasteiger partial charge in [0.1, 0.15) is 11.6 Å². The first kappa shape index (κ1) is 14.2. The van der Waals surface area contributed by atoms with Crippen molar-refractivity contribution in [2.75, 3.05) is 19.0 Å². The van der Waals surface area contributed by atoms with Crippen LogP contribution >= 0.6 is 27.5 Å². The van der Waals surface area contributed by atoms with Crippen LogP contribution in [-0.2, 0) is 6.42 Å². The zero-order valence-corrected chi connectivity index (χ0v) is 12.8. The number of rotatable bonds is 5. The molecule has 2 rings (SSSR count). The molecule has 0 radical (unpaired) electrons. The molecule has 0 saturated carbocycles. The Hall–Kier alpha value is -1.26. The molecule has 0 saturated heterocycles. The van der Waals surface area contributed by atoms with E-state index in [2.05, 4.69) is 32.3 Å². The molecule has 19 heavy (non-hydrogen) atoms. The molecule has 1 aromatic carbocycles. The Bertz CT molecular complexity index is 563. The number of halogens is 2. The van der Waals surface area contributed by atoms with E-state index in [9.17, 15) is 0 Å². The summed E-state index contributed by atoms with van der Waals surface area (Å²) in [5.74, 6) is 1.60. The molecule has 5 heteroatoms. The minimum Gasteiger partial charge on any atom is -0.496 e. The van der Waals surface area contributed by atoms with E-state index in [1.165, 1.54) is 0 Å². The van der Waals surface area contributed by atoms with E-state index in [-0.39, 0.29) is 0 Å². The van der Waals surface area contributed by atoms with E-state index >= 15 is 0 Å². The predicted molar refractivity (Wildman–Crippen MR) is 82.1 cm³/mol. The largest absolute Gasteiger partial charge is 0.496 e. The molecule has 0 aliphatic rings. The summed E-state index contributed by atoms with van der Waals surface area (Å²) in [4.78, 5) is 4.23. The number of nitrogens with zero attached hydrogens (tertiary/aromatic N) is 1. The van der Waals surface area contributed by atoms with Crippen LogP contribution in [0, 0.1) is 0 Å². The summed E-state index contributed by atoms with van der Waals surface area (Å²) in [7, 11) is 1.68. The van der Waals surface area contributed by atoms with Gasteiger partial charge in [-0.05, 0) is 40.0 Å². The Morgan fingerprint density at radius 1 is 1.37 bits per heavy atom. The highest BCUT2D eigenvalue weighted by Crippen LogP contribution is 2.23. The van der Waals surface area contributed by atoms with Gasteiger partial charge in [-0.2, -0.15) is 0 Å². The SMILES string of the molecule is COc1ccccc1CCNc1ncc(Br)cc1Cl. The Kier molecular flexibility index (Phi) is 5.05. The standard InChI is InChI=1S/C14H14BrClN2O/c1-19-13-5-3-2-4-10(13)6-7-17-14-12(16)8-11(15)9-18-14/h2-5,8-9H,6-7H2,1H3,(H,17,18). The molecule has 1 aromatic heterocycles. The summed E-state index contributed by atoms with van der Waals surface area (Å²) in [5, 5.41) is 3.83. The summed E-state index contributed by atoms with van der Waals surface area (Å²) in [5.41, 5.74) is 1.16. The third-order valence-corrected chi connectivity index (χ3v) is 3.41. The molecule has 0 fully saturated rings. The van der Waals surface area contributed by atoms with Crippen molar-refractivity contribution in [3.8, 4) is 5.75 Å². The highest BCUT2D eigenvalue weighted by atomic mass is 79.9. The number of benzene rings is 1. The maximum atomic E-state index is 6.09. The number of para-hydroxylation sites is 1. The lowest BCUT2D eigenvalue weighted by molar-refractivity contribution is 0.410. The molecule has 0 aliphatic carbocycles. The van der Waals surface area contributed by atoms with Crippen LogP contribution in [-0.4, -0.2) is 18.6 Å². The van der Waals surface area contributed by atoms with Gasteiger partial charge in [-0.15, -0.1) is 0 Å². The number of methoxy groups -OCH3 is 1. The molecular weight excluding hydrogens is 328 g/mol. The first-order valence-electron chi connectivity index (χ1n) is 5.87. The molecule has 0 spiro atoms. The van der Waals surface area contributed by atoms with Gasteiger partial charge < -0.3 is 10.1 Å². The second kappa shape index (κ2) is 6.78. The van der Waals surface area contributed by atoms with Crippen molar-refractivity contribution in [1.82, 2.24) is 4.98 Å². The third kappa shape index (κ3) is 3.85. The highest BCUT2D eigenvalue weighted by Gasteiger charge is 2.04. The monoisotopic (exact) mass is 340 g/mol. The van der Waals surface area contributed by atoms with Gasteiger partial charge in [0.2, 0.25) is 0 Å². The Morgan fingerprint density at radius 3 is 2.89 bits per heavy atom. The van der Waals surface area contributed by atoms with Gasteiger partial charge in [-0.3, -0.25) is 0 Å². The van der Waals surface area contributed by atoms with Crippen molar-refractivity contribution >= 4 is 33.3 Å². The normalized spacial score (nSPS) is 10.3. The van der Waals surface area contributed by atoms with E-state index in [1.54, 1.807) is 13.3 Å². The lowest BCUT2D eigenvalue weighted by atomic mass is 10.1. The van der Waals surface area contributed by atoms with E-state index in [4.69, 9.17) is 16.3 Å². The summed E-state index contributed by atoms with van der Waals surface area (Å²) >= 11 is 9.42. The van der Waals surface area contributed by atoms with Gasteiger partial charge in [0.25, 0.3) is 0 Å². The van der Waals surface area contributed by atoms with Crippen LogP contribution in [0.2, 0.25) is 5.02 Å². The fourth-order valence-electron chi connectivity index (χ4n) is 1.77. The van der Waals surface area contributed by atoms with Crippen LogP contribution in [0.3, 0.4) is 0 Å². The van der Waals surface area contributed by atoms with E-state index < -0.39 is 0 Å². The fraction of sp³-hybridized carbons (Fsp3) is 0.214. The van der Waals surface area contributed by atoms with Gasteiger partial charge >= 0.3 is 0 Å². The van der Waals surface area contributed by atoms with E-state index in [1.807, 2.05) is 24.3 Å². The number of pyridine rings is 1. The summed E-state index contributed by atoms with van der Waals surface area (Å²) < 4.78 is 6.18. The van der Waals surface area contributed by atoms with Crippen molar-refractivity contribution in [3.63, 3.8) is 0 Å². The first-order valence-corrected chi connectivity index (χ1v) is 7.04. The molecule has 2 aromatic rings. The van der Waals surface area contributed by atoms with Crippen LogP contribution in [0.25, 0.3) is 0 Å². The molecule has 0 bridgehead atoms. The van der Waals surface area contributed by atoms with Crippen molar-refractivity contribution in [2.24, 2.45) is 0 Å². The van der Waals surface area contributed by atoms with Crippen LogP contribution < -0.4 is 10.1 Å². The zero-order valence-electron chi connectivity index (χ0n) is 10.5. The number of hydrogen-bond donors (Lipinski definition) is 1. The summed E-state index contributed by atoms with van der Waals surface area (Å²) in [6.45, 7) is 0.745. The summed E-state index contributed by atoms with van der Waals surface area (Å²) in [6, 6.07) is 9.79. The minimum absolute atomic E-state index is 0.606. The van der Waals surface area contributed by atoms with Gasteiger partial charge in [-0.1, -0.05) is 29.8 Å². The van der Waals surface area contributed by atoms with Crippen LogP contribution in [0.4, 0.5) is 5.82 Å². The third-order valence-electron chi connectivity index (χ3n) is 2.69. The molecule has 0 atom stereocenters. The predicted octanol–water partition coefficient (Wildman–Crippen LogP) is 4.16. The molecule has 0 unspecified atom stereocenters. The summed E-state index contributed by atoms with van der Waals surface area (Å²) in [6.07, 6.45) is 2.56. The number of ether oxygens (including phenoxy) is 1. The Labute approximate surface area is 126 Å². The van der Waals surface area contributed by atoms with Gasteiger partial charge in [0.15, 0.2) is 0 Å². The molecule has 0 aliphatic heterocycles.